The maximum atomic E-state index is 11.5. The zero-order chi connectivity index (χ0) is 10.8. The average Bonchev–Trinajstić information content (AvgIpc) is 2.27. The number of carbonyl (C=O) groups is 1. The summed E-state index contributed by atoms with van der Waals surface area (Å²) in [6, 6.07) is 9.58. The molecule has 1 aromatic carbocycles. The third kappa shape index (κ3) is 1.74. The summed E-state index contributed by atoms with van der Waals surface area (Å²) in [5, 5.41) is 0.972. The molecule has 2 rings (SSSR count). The maximum Gasteiger partial charge on any atom is 0.178 e. The summed E-state index contributed by atoms with van der Waals surface area (Å²) in [6.07, 6.45) is 0. The summed E-state index contributed by atoms with van der Waals surface area (Å²) in [6.45, 7) is 1.86. The molecule has 15 heavy (non-hydrogen) atoms. The highest BCUT2D eigenvalue weighted by atomic mass is 16.1. The molecule has 0 fully saturated rings. The van der Waals surface area contributed by atoms with Gasteiger partial charge < -0.3 is 5.73 Å². The predicted molar refractivity (Wildman–Crippen MR) is 59.9 cm³/mol. The summed E-state index contributed by atoms with van der Waals surface area (Å²) in [5.74, 6) is -0.0641. The van der Waals surface area contributed by atoms with Gasteiger partial charge in [-0.05, 0) is 19.1 Å². The number of fused-ring (bicyclic) bond motifs is 1. The number of hydrogen-bond acceptors (Lipinski definition) is 3. The van der Waals surface area contributed by atoms with Gasteiger partial charge in [-0.15, -0.1) is 0 Å². The van der Waals surface area contributed by atoms with E-state index in [-0.39, 0.29) is 12.3 Å². The molecule has 0 radical (unpaired) electrons. The third-order valence-corrected chi connectivity index (χ3v) is 2.40. The SMILES string of the molecule is Cc1nc2ccccc2cc1C(=O)CN. The summed E-state index contributed by atoms with van der Waals surface area (Å²) < 4.78 is 0. The second kappa shape index (κ2) is 3.79. The number of aromatic nitrogens is 1. The van der Waals surface area contributed by atoms with Gasteiger partial charge in [0.1, 0.15) is 0 Å². The minimum atomic E-state index is -0.0641. The lowest BCUT2D eigenvalue weighted by Gasteiger charge is -2.04. The van der Waals surface area contributed by atoms with Gasteiger partial charge in [0.05, 0.1) is 12.1 Å². The molecule has 0 atom stereocenters. The van der Waals surface area contributed by atoms with E-state index in [2.05, 4.69) is 4.98 Å². The Morgan fingerprint density at radius 3 is 2.87 bits per heavy atom. The molecule has 0 saturated heterocycles. The average molecular weight is 200 g/mol. The monoisotopic (exact) mass is 200 g/mol. The van der Waals surface area contributed by atoms with Crippen molar-refractivity contribution in [1.82, 2.24) is 4.98 Å². The fourth-order valence-corrected chi connectivity index (χ4v) is 1.60. The van der Waals surface area contributed by atoms with E-state index in [0.717, 1.165) is 16.6 Å². The van der Waals surface area contributed by atoms with Crippen LogP contribution in [0.2, 0.25) is 0 Å². The lowest BCUT2D eigenvalue weighted by atomic mass is 10.1. The van der Waals surface area contributed by atoms with Crippen LogP contribution in [0.1, 0.15) is 16.1 Å². The molecule has 1 heterocycles. The summed E-state index contributed by atoms with van der Waals surface area (Å²) >= 11 is 0. The van der Waals surface area contributed by atoms with Gasteiger partial charge in [-0.1, -0.05) is 18.2 Å². The molecule has 3 heteroatoms. The van der Waals surface area contributed by atoms with Gasteiger partial charge in [-0.2, -0.15) is 0 Å². The molecule has 0 aliphatic heterocycles. The Labute approximate surface area is 87.9 Å². The zero-order valence-electron chi connectivity index (χ0n) is 8.53. The van der Waals surface area contributed by atoms with Crippen LogP contribution in [0.4, 0.5) is 0 Å². The van der Waals surface area contributed by atoms with Gasteiger partial charge >= 0.3 is 0 Å². The van der Waals surface area contributed by atoms with Gasteiger partial charge in [-0.25, -0.2) is 0 Å². The Bertz CT molecular complexity index is 520. The van der Waals surface area contributed by atoms with Crippen LogP contribution in [0, 0.1) is 6.92 Å². The summed E-state index contributed by atoms with van der Waals surface area (Å²) in [7, 11) is 0. The minimum absolute atomic E-state index is 0.0286. The molecule has 0 unspecified atom stereocenters. The molecule has 0 spiro atoms. The van der Waals surface area contributed by atoms with E-state index in [1.54, 1.807) is 0 Å². The van der Waals surface area contributed by atoms with Gasteiger partial charge in [0.15, 0.2) is 5.78 Å². The number of para-hydroxylation sites is 1. The maximum absolute atomic E-state index is 11.5. The number of ketones is 1. The van der Waals surface area contributed by atoms with E-state index >= 15 is 0 Å². The first-order valence-corrected chi connectivity index (χ1v) is 4.82. The van der Waals surface area contributed by atoms with Crippen molar-refractivity contribution in [1.29, 1.82) is 0 Å². The van der Waals surface area contributed by atoms with Gasteiger partial charge in [0.25, 0.3) is 0 Å². The molecule has 0 aliphatic rings. The molecule has 0 amide bonds. The normalized spacial score (nSPS) is 10.5. The fourth-order valence-electron chi connectivity index (χ4n) is 1.60. The van der Waals surface area contributed by atoms with E-state index in [1.165, 1.54) is 0 Å². The van der Waals surface area contributed by atoms with Crippen molar-refractivity contribution in [2.24, 2.45) is 5.73 Å². The highest BCUT2D eigenvalue weighted by molar-refractivity contribution is 6.01. The smallest absolute Gasteiger partial charge is 0.178 e. The number of hydrogen-bond donors (Lipinski definition) is 1. The molecule has 0 bridgehead atoms. The molecule has 3 nitrogen and oxygen atoms in total. The van der Waals surface area contributed by atoms with Crippen LogP contribution in [-0.2, 0) is 0 Å². The Hall–Kier alpha value is -1.74. The topological polar surface area (TPSA) is 56.0 Å². The molecule has 2 N–H and O–H groups in total. The first-order chi connectivity index (χ1) is 7.22. The Morgan fingerprint density at radius 2 is 2.13 bits per heavy atom. The molecule has 2 aromatic rings. The molecule has 0 aliphatic carbocycles. The second-order valence-corrected chi connectivity index (χ2v) is 3.44. The van der Waals surface area contributed by atoms with Gasteiger partial charge in [0, 0.05) is 16.6 Å². The lowest BCUT2D eigenvalue weighted by Crippen LogP contribution is -2.15. The van der Waals surface area contributed by atoms with E-state index in [0.29, 0.717) is 5.56 Å². The number of pyridine rings is 1. The van der Waals surface area contributed by atoms with Crippen LogP contribution in [0.15, 0.2) is 30.3 Å². The van der Waals surface area contributed by atoms with Crippen LogP contribution >= 0.6 is 0 Å². The van der Waals surface area contributed by atoms with Crippen molar-refractivity contribution < 1.29 is 4.79 Å². The van der Waals surface area contributed by atoms with Gasteiger partial charge in [0.2, 0.25) is 0 Å². The first kappa shape index (κ1) is 9.80. The van der Waals surface area contributed by atoms with E-state index < -0.39 is 0 Å². The molecule has 76 valence electrons. The number of nitrogens with zero attached hydrogens (tertiary/aromatic N) is 1. The zero-order valence-corrected chi connectivity index (χ0v) is 8.53. The molecular weight excluding hydrogens is 188 g/mol. The van der Waals surface area contributed by atoms with E-state index in [1.807, 2.05) is 37.3 Å². The van der Waals surface area contributed by atoms with Crippen LogP contribution < -0.4 is 5.73 Å². The van der Waals surface area contributed by atoms with E-state index in [9.17, 15) is 4.79 Å². The minimum Gasteiger partial charge on any atom is -0.324 e. The van der Waals surface area contributed by atoms with Crippen molar-refractivity contribution in [3.05, 3.63) is 41.6 Å². The van der Waals surface area contributed by atoms with Gasteiger partial charge in [-0.3, -0.25) is 9.78 Å². The van der Waals surface area contributed by atoms with Crippen molar-refractivity contribution in [2.75, 3.05) is 6.54 Å². The third-order valence-electron chi connectivity index (χ3n) is 2.40. The van der Waals surface area contributed by atoms with Crippen LogP contribution in [0.5, 0.6) is 0 Å². The van der Waals surface area contributed by atoms with Crippen LogP contribution in [0.3, 0.4) is 0 Å². The highest BCUT2D eigenvalue weighted by Crippen LogP contribution is 2.16. The summed E-state index contributed by atoms with van der Waals surface area (Å²) in [4.78, 5) is 15.9. The first-order valence-electron chi connectivity index (χ1n) is 4.82. The largest absolute Gasteiger partial charge is 0.324 e. The fraction of sp³-hybridized carbons (Fsp3) is 0.167. The van der Waals surface area contributed by atoms with Crippen LogP contribution in [-0.4, -0.2) is 17.3 Å². The predicted octanol–water partition coefficient (Wildman–Crippen LogP) is 1.68. The lowest BCUT2D eigenvalue weighted by molar-refractivity contribution is 0.100. The van der Waals surface area contributed by atoms with Crippen molar-refractivity contribution in [3.63, 3.8) is 0 Å². The molecule has 0 saturated carbocycles. The van der Waals surface area contributed by atoms with E-state index in [4.69, 9.17) is 5.73 Å². The summed E-state index contributed by atoms with van der Waals surface area (Å²) in [5.41, 5.74) is 7.61. The number of carbonyl (C=O) groups excluding carboxylic acids is 1. The van der Waals surface area contributed by atoms with Crippen molar-refractivity contribution in [2.45, 2.75) is 6.92 Å². The number of Topliss-reactive ketones (excluding diaryl/α,β-unsaturated/α-hetero) is 1. The number of rotatable bonds is 2. The second-order valence-electron chi connectivity index (χ2n) is 3.44. The molecule has 1 aromatic heterocycles. The number of benzene rings is 1. The Balaban J connectivity index is 2.67. The number of nitrogens with two attached hydrogens (primary N) is 1. The Kier molecular flexibility index (Phi) is 2.47. The highest BCUT2D eigenvalue weighted by Gasteiger charge is 2.09. The van der Waals surface area contributed by atoms with Crippen molar-refractivity contribution in [3.8, 4) is 0 Å². The Morgan fingerprint density at radius 1 is 1.40 bits per heavy atom. The number of aryl methyl sites for hydroxylation is 1. The van der Waals surface area contributed by atoms with Crippen molar-refractivity contribution >= 4 is 16.7 Å². The standard InChI is InChI=1S/C12H12N2O/c1-8-10(12(15)7-13)6-9-4-2-3-5-11(9)14-8/h2-6H,7,13H2,1H3. The quantitative estimate of drug-likeness (QED) is 0.750. The van der Waals surface area contributed by atoms with Crippen LogP contribution in [0.25, 0.3) is 10.9 Å². The molecular formula is C12H12N2O.